The van der Waals surface area contributed by atoms with Crippen molar-refractivity contribution in [1.82, 2.24) is 4.90 Å². The number of rotatable bonds is 4. The van der Waals surface area contributed by atoms with Crippen molar-refractivity contribution in [2.24, 2.45) is 0 Å². The molecule has 2 rings (SSSR count). The lowest BCUT2D eigenvalue weighted by Gasteiger charge is -2.34. The van der Waals surface area contributed by atoms with Crippen molar-refractivity contribution in [2.45, 2.75) is 37.9 Å². The molecule has 0 spiro atoms. The second kappa shape index (κ2) is 7.15. The Morgan fingerprint density at radius 2 is 2.09 bits per heavy atom. The van der Waals surface area contributed by atoms with Gasteiger partial charge in [-0.1, -0.05) is 17.7 Å². The quantitative estimate of drug-likeness (QED) is 0.860. The normalized spacial score (nSPS) is 21.7. The van der Waals surface area contributed by atoms with Gasteiger partial charge in [0.2, 0.25) is 5.91 Å². The highest BCUT2D eigenvalue weighted by atomic mass is 32.2. The van der Waals surface area contributed by atoms with Crippen molar-refractivity contribution in [3.63, 3.8) is 0 Å². The molecule has 1 aliphatic rings. The molecular weight excluding hydrogens is 302 g/mol. The summed E-state index contributed by atoms with van der Waals surface area (Å²) in [6.45, 7) is 6.38. The van der Waals surface area contributed by atoms with Gasteiger partial charge in [0.1, 0.15) is 0 Å². The zero-order valence-corrected chi connectivity index (χ0v) is 13.9. The standard InChI is InChI=1S/C16H21NO4S/c1-10-4-5-11(2)14(6-10)22-9-15(18)17-7-12(3)21-13(8-17)16(19)20/h4-6,12-13H,7-9H2,1-3H3,(H,19,20)/t12-,13?/m1/s1. The predicted molar refractivity (Wildman–Crippen MR) is 85.2 cm³/mol. The average molecular weight is 323 g/mol. The van der Waals surface area contributed by atoms with Crippen LogP contribution in [0.15, 0.2) is 23.1 Å². The third-order valence-corrected chi connectivity index (χ3v) is 4.73. The molecule has 1 unspecified atom stereocenters. The zero-order chi connectivity index (χ0) is 16.3. The van der Waals surface area contributed by atoms with E-state index in [9.17, 15) is 9.59 Å². The molecule has 1 heterocycles. The van der Waals surface area contributed by atoms with Gasteiger partial charge in [-0.3, -0.25) is 4.79 Å². The first kappa shape index (κ1) is 16.8. The van der Waals surface area contributed by atoms with E-state index in [4.69, 9.17) is 9.84 Å². The van der Waals surface area contributed by atoms with Gasteiger partial charge in [-0.15, -0.1) is 11.8 Å². The number of aliphatic carboxylic acids is 1. The molecular formula is C16H21NO4S. The number of carbonyl (C=O) groups excluding carboxylic acids is 1. The minimum absolute atomic E-state index is 0.0488. The van der Waals surface area contributed by atoms with E-state index in [2.05, 4.69) is 6.07 Å². The van der Waals surface area contributed by atoms with E-state index in [1.807, 2.05) is 26.0 Å². The lowest BCUT2D eigenvalue weighted by Crippen LogP contribution is -2.52. The molecule has 0 radical (unpaired) electrons. The minimum Gasteiger partial charge on any atom is -0.479 e. The van der Waals surface area contributed by atoms with Crippen LogP contribution in [0.4, 0.5) is 0 Å². The fourth-order valence-corrected chi connectivity index (χ4v) is 3.41. The van der Waals surface area contributed by atoms with Crippen LogP contribution in [0.1, 0.15) is 18.1 Å². The Labute approximate surface area is 134 Å². The summed E-state index contributed by atoms with van der Waals surface area (Å²) >= 11 is 1.49. The van der Waals surface area contributed by atoms with Crippen LogP contribution in [-0.2, 0) is 14.3 Å². The highest BCUT2D eigenvalue weighted by Crippen LogP contribution is 2.24. The monoisotopic (exact) mass is 323 g/mol. The number of hydrogen-bond acceptors (Lipinski definition) is 4. The van der Waals surface area contributed by atoms with E-state index in [1.165, 1.54) is 11.8 Å². The molecule has 1 saturated heterocycles. The van der Waals surface area contributed by atoms with Gasteiger partial charge in [0.15, 0.2) is 6.10 Å². The van der Waals surface area contributed by atoms with Crippen LogP contribution < -0.4 is 0 Å². The lowest BCUT2D eigenvalue weighted by atomic mass is 10.2. The fraction of sp³-hybridized carbons (Fsp3) is 0.500. The number of benzene rings is 1. The number of morpholine rings is 1. The maximum atomic E-state index is 12.3. The number of thioether (sulfide) groups is 1. The molecule has 22 heavy (non-hydrogen) atoms. The summed E-state index contributed by atoms with van der Waals surface area (Å²) in [5.74, 6) is -0.762. The third kappa shape index (κ3) is 4.24. The highest BCUT2D eigenvalue weighted by molar-refractivity contribution is 8.00. The molecule has 5 nitrogen and oxygen atoms in total. The number of carboxylic acids is 1. The molecule has 0 bridgehead atoms. The van der Waals surface area contributed by atoms with E-state index in [0.29, 0.717) is 12.3 Å². The van der Waals surface area contributed by atoms with Crippen LogP contribution in [0.25, 0.3) is 0 Å². The van der Waals surface area contributed by atoms with Crippen LogP contribution in [0.5, 0.6) is 0 Å². The summed E-state index contributed by atoms with van der Waals surface area (Å²) in [5, 5.41) is 9.06. The molecule has 1 fully saturated rings. The predicted octanol–water partition coefficient (Wildman–Crippen LogP) is 2.10. The number of amides is 1. The van der Waals surface area contributed by atoms with Crippen molar-refractivity contribution in [3.8, 4) is 0 Å². The van der Waals surface area contributed by atoms with Crippen molar-refractivity contribution >= 4 is 23.6 Å². The van der Waals surface area contributed by atoms with Crippen LogP contribution in [0, 0.1) is 13.8 Å². The van der Waals surface area contributed by atoms with E-state index in [-0.39, 0.29) is 18.6 Å². The van der Waals surface area contributed by atoms with Crippen LogP contribution >= 0.6 is 11.8 Å². The molecule has 0 saturated carbocycles. The average Bonchev–Trinajstić information content (AvgIpc) is 2.47. The van der Waals surface area contributed by atoms with Gasteiger partial charge < -0.3 is 14.7 Å². The van der Waals surface area contributed by atoms with Crippen molar-refractivity contribution in [2.75, 3.05) is 18.8 Å². The first-order chi connectivity index (χ1) is 10.4. The van der Waals surface area contributed by atoms with Gasteiger partial charge in [-0.2, -0.15) is 0 Å². The molecule has 1 amide bonds. The summed E-state index contributed by atoms with van der Waals surface area (Å²) in [5.41, 5.74) is 2.30. The molecule has 1 aliphatic heterocycles. The Kier molecular flexibility index (Phi) is 5.47. The number of carbonyl (C=O) groups is 2. The van der Waals surface area contributed by atoms with Gasteiger partial charge in [0.25, 0.3) is 0 Å². The van der Waals surface area contributed by atoms with Gasteiger partial charge in [-0.25, -0.2) is 4.79 Å². The largest absolute Gasteiger partial charge is 0.479 e. The van der Waals surface area contributed by atoms with Crippen LogP contribution in [0.3, 0.4) is 0 Å². The fourth-order valence-electron chi connectivity index (χ4n) is 2.39. The van der Waals surface area contributed by atoms with E-state index < -0.39 is 12.1 Å². The van der Waals surface area contributed by atoms with E-state index in [1.54, 1.807) is 11.8 Å². The lowest BCUT2D eigenvalue weighted by molar-refractivity contribution is -0.165. The molecule has 6 heteroatoms. The molecule has 1 N–H and O–H groups in total. The number of aryl methyl sites for hydroxylation is 2. The summed E-state index contributed by atoms with van der Waals surface area (Å²) in [4.78, 5) is 26.1. The van der Waals surface area contributed by atoms with Crippen molar-refractivity contribution < 1.29 is 19.4 Å². The van der Waals surface area contributed by atoms with Crippen molar-refractivity contribution in [1.29, 1.82) is 0 Å². The minimum atomic E-state index is -1.02. The first-order valence-corrected chi connectivity index (χ1v) is 8.21. The zero-order valence-electron chi connectivity index (χ0n) is 13.0. The van der Waals surface area contributed by atoms with Gasteiger partial charge in [0.05, 0.1) is 18.4 Å². The summed E-state index contributed by atoms with van der Waals surface area (Å²) < 4.78 is 5.33. The topological polar surface area (TPSA) is 66.8 Å². The Balaban J connectivity index is 1.96. The smallest absolute Gasteiger partial charge is 0.334 e. The van der Waals surface area contributed by atoms with Gasteiger partial charge >= 0.3 is 5.97 Å². The summed E-state index contributed by atoms with van der Waals surface area (Å²) in [6.07, 6.45) is -1.19. The first-order valence-electron chi connectivity index (χ1n) is 7.23. The van der Waals surface area contributed by atoms with Gasteiger partial charge in [-0.05, 0) is 32.4 Å². The number of carboxylic acid groups (broad SMARTS) is 1. The molecule has 120 valence electrons. The Hall–Kier alpha value is -1.53. The Bertz CT molecular complexity index is 575. The van der Waals surface area contributed by atoms with E-state index in [0.717, 1.165) is 16.0 Å². The Morgan fingerprint density at radius 3 is 2.77 bits per heavy atom. The Morgan fingerprint density at radius 1 is 1.36 bits per heavy atom. The maximum absolute atomic E-state index is 12.3. The van der Waals surface area contributed by atoms with Crippen molar-refractivity contribution in [3.05, 3.63) is 29.3 Å². The third-order valence-electron chi connectivity index (χ3n) is 3.58. The molecule has 0 aliphatic carbocycles. The van der Waals surface area contributed by atoms with Crippen LogP contribution in [-0.4, -0.2) is 52.9 Å². The van der Waals surface area contributed by atoms with Crippen LogP contribution in [0.2, 0.25) is 0 Å². The molecule has 1 aromatic carbocycles. The summed E-state index contributed by atoms with van der Waals surface area (Å²) in [6, 6.07) is 6.15. The molecule has 0 aromatic heterocycles. The molecule has 2 atom stereocenters. The number of nitrogens with zero attached hydrogens (tertiary/aromatic N) is 1. The highest BCUT2D eigenvalue weighted by Gasteiger charge is 2.32. The van der Waals surface area contributed by atoms with E-state index >= 15 is 0 Å². The molecule has 1 aromatic rings. The maximum Gasteiger partial charge on any atom is 0.334 e. The second-order valence-electron chi connectivity index (χ2n) is 5.63. The van der Waals surface area contributed by atoms with Gasteiger partial charge in [0, 0.05) is 11.4 Å². The number of ether oxygens (including phenoxy) is 1. The summed E-state index contributed by atoms with van der Waals surface area (Å²) in [7, 11) is 0. The number of hydrogen-bond donors (Lipinski definition) is 1. The second-order valence-corrected chi connectivity index (χ2v) is 6.65. The SMILES string of the molecule is Cc1ccc(C)c(SCC(=O)N2CC(C(=O)O)O[C@H](C)C2)c1.